The number of aromatic nitrogens is 1. The molecule has 0 saturated carbocycles. The van der Waals surface area contributed by atoms with Crippen molar-refractivity contribution in [2.24, 2.45) is 5.92 Å². The summed E-state index contributed by atoms with van der Waals surface area (Å²) in [7, 11) is 0. The Morgan fingerprint density at radius 3 is 3.10 bits per heavy atom. The normalized spacial score (nSPS) is 18.5. The van der Waals surface area contributed by atoms with Gasteiger partial charge in [0.15, 0.2) is 0 Å². The Labute approximate surface area is 127 Å². The van der Waals surface area contributed by atoms with Gasteiger partial charge in [-0.1, -0.05) is 25.9 Å². The van der Waals surface area contributed by atoms with Gasteiger partial charge in [0.05, 0.1) is 6.04 Å². The van der Waals surface area contributed by atoms with Gasteiger partial charge in [-0.15, -0.1) is 0 Å². The second kappa shape index (κ2) is 7.48. The van der Waals surface area contributed by atoms with Gasteiger partial charge in [0, 0.05) is 25.6 Å². The Hall–Kier alpha value is -1.52. The number of rotatable bonds is 6. The number of hydrogen-bond acceptors (Lipinski definition) is 3. The standard InChI is InChI=1S/C16H27N3O2/c1-4-6-13-11-14(18-21-13)15-7-5-10-19(15)16(20)17-9-8-12(2)3/h11-12,15H,4-10H2,1-3H3,(H,17,20)/t15-/m1/s1. The molecule has 0 aromatic carbocycles. The maximum absolute atomic E-state index is 12.3. The van der Waals surface area contributed by atoms with E-state index in [1.54, 1.807) is 0 Å². The topological polar surface area (TPSA) is 58.4 Å². The summed E-state index contributed by atoms with van der Waals surface area (Å²) in [4.78, 5) is 14.2. The smallest absolute Gasteiger partial charge is 0.317 e. The Morgan fingerprint density at radius 2 is 2.38 bits per heavy atom. The maximum atomic E-state index is 12.3. The van der Waals surface area contributed by atoms with Gasteiger partial charge >= 0.3 is 6.03 Å². The van der Waals surface area contributed by atoms with Crippen molar-refractivity contribution in [3.63, 3.8) is 0 Å². The highest BCUT2D eigenvalue weighted by Crippen LogP contribution is 2.31. The number of carbonyl (C=O) groups excluding carboxylic acids is 1. The molecule has 0 radical (unpaired) electrons. The van der Waals surface area contributed by atoms with E-state index in [1.165, 1.54) is 0 Å². The molecule has 1 aromatic rings. The van der Waals surface area contributed by atoms with Crippen LogP contribution in [0.4, 0.5) is 4.79 Å². The summed E-state index contributed by atoms with van der Waals surface area (Å²) < 4.78 is 5.35. The summed E-state index contributed by atoms with van der Waals surface area (Å²) in [6, 6.07) is 2.10. The molecule has 2 amide bonds. The molecule has 21 heavy (non-hydrogen) atoms. The number of urea groups is 1. The Morgan fingerprint density at radius 1 is 1.57 bits per heavy atom. The third-order valence-corrected chi connectivity index (χ3v) is 3.93. The van der Waals surface area contributed by atoms with E-state index in [9.17, 15) is 4.79 Å². The lowest BCUT2D eigenvalue weighted by Crippen LogP contribution is -2.40. The lowest BCUT2D eigenvalue weighted by Gasteiger charge is -2.23. The SMILES string of the molecule is CCCc1cc([C@H]2CCCN2C(=O)NCCC(C)C)no1. The van der Waals surface area contributed by atoms with E-state index in [4.69, 9.17) is 4.52 Å². The van der Waals surface area contributed by atoms with Crippen LogP contribution in [0.25, 0.3) is 0 Å². The lowest BCUT2D eigenvalue weighted by molar-refractivity contribution is 0.190. The third-order valence-electron chi connectivity index (χ3n) is 3.93. The van der Waals surface area contributed by atoms with E-state index in [0.717, 1.165) is 56.6 Å². The van der Waals surface area contributed by atoms with Gasteiger partial charge in [0.1, 0.15) is 11.5 Å². The minimum atomic E-state index is 0.0261. The maximum Gasteiger partial charge on any atom is 0.317 e. The van der Waals surface area contributed by atoms with Crippen LogP contribution in [0.3, 0.4) is 0 Å². The van der Waals surface area contributed by atoms with Crippen molar-refractivity contribution in [3.05, 3.63) is 17.5 Å². The van der Waals surface area contributed by atoms with Gasteiger partial charge in [-0.25, -0.2) is 4.79 Å². The average Bonchev–Trinajstić information content (AvgIpc) is 3.06. The summed E-state index contributed by atoms with van der Waals surface area (Å²) in [5, 5.41) is 7.18. The summed E-state index contributed by atoms with van der Waals surface area (Å²) in [6.45, 7) is 7.98. The molecule has 1 N–H and O–H groups in total. The fourth-order valence-electron chi connectivity index (χ4n) is 2.74. The number of likely N-dealkylation sites (tertiary alicyclic amines) is 1. The molecule has 118 valence electrons. The number of hydrogen-bond donors (Lipinski definition) is 1. The van der Waals surface area contributed by atoms with Crippen molar-refractivity contribution in [2.45, 2.75) is 58.9 Å². The van der Waals surface area contributed by atoms with Crippen molar-refractivity contribution in [3.8, 4) is 0 Å². The Kier molecular flexibility index (Phi) is 5.65. The van der Waals surface area contributed by atoms with Gasteiger partial charge in [0.25, 0.3) is 0 Å². The molecular formula is C16H27N3O2. The van der Waals surface area contributed by atoms with Crippen LogP contribution in [0.1, 0.15) is 64.0 Å². The zero-order valence-electron chi connectivity index (χ0n) is 13.4. The van der Waals surface area contributed by atoms with Crippen LogP contribution in [0.15, 0.2) is 10.6 Å². The van der Waals surface area contributed by atoms with Crippen LogP contribution in [0.5, 0.6) is 0 Å². The summed E-state index contributed by atoms with van der Waals surface area (Å²) in [6.07, 6.45) is 4.95. The van der Waals surface area contributed by atoms with Gasteiger partial charge in [0.2, 0.25) is 0 Å². The molecule has 1 aliphatic rings. The van der Waals surface area contributed by atoms with Crippen molar-refractivity contribution in [2.75, 3.05) is 13.1 Å². The minimum absolute atomic E-state index is 0.0261. The van der Waals surface area contributed by atoms with Crippen molar-refractivity contribution in [1.29, 1.82) is 0 Å². The highest BCUT2D eigenvalue weighted by Gasteiger charge is 2.32. The van der Waals surface area contributed by atoms with E-state index in [-0.39, 0.29) is 12.1 Å². The van der Waals surface area contributed by atoms with E-state index in [0.29, 0.717) is 5.92 Å². The molecule has 0 spiro atoms. The summed E-state index contributed by atoms with van der Waals surface area (Å²) >= 11 is 0. The molecule has 1 atom stereocenters. The molecule has 2 heterocycles. The van der Waals surface area contributed by atoms with Gasteiger partial charge < -0.3 is 14.7 Å². The number of nitrogens with one attached hydrogen (secondary N) is 1. The first kappa shape index (κ1) is 15.9. The number of aryl methyl sites for hydroxylation is 1. The van der Waals surface area contributed by atoms with Crippen LogP contribution < -0.4 is 5.32 Å². The first-order chi connectivity index (χ1) is 10.1. The quantitative estimate of drug-likeness (QED) is 0.873. The zero-order chi connectivity index (χ0) is 15.2. The molecule has 5 heteroatoms. The monoisotopic (exact) mass is 293 g/mol. The molecule has 1 fully saturated rings. The molecule has 1 saturated heterocycles. The summed E-state index contributed by atoms with van der Waals surface area (Å²) in [5.74, 6) is 1.52. The van der Waals surface area contributed by atoms with Crippen LogP contribution in [-0.4, -0.2) is 29.2 Å². The van der Waals surface area contributed by atoms with Gasteiger partial charge in [-0.05, 0) is 31.6 Å². The average molecular weight is 293 g/mol. The lowest BCUT2D eigenvalue weighted by atomic mass is 10.1. The van der Waals surface area contributed by atoms with E-state index < -0.39 is 0 Å². The predicted octanol–water partition coefficient (Wildman–Crippen LogP) is 3.52. The first-order valence-electron chi connectivity index (χ1n) is 8.11. The molecule has 0 unspecified atom stereocenters. The fraction of sp³-hybridized carbons (Fsp3) is 0.750. The molecule has 2 rings (SSSR count). The van der Waals surface area contributed by atoms with Crippen molar-refractivity contribution >= 4 is 6.03 Å². The number of amides is 2. The number of carbonyl (C=O) groups is 1. The van der Waals surface area contributed by atoms with E-state index in [1.807, 2.05) is 11.0 Å². The predicted molar refractivity (Wildman–Crippen MR) is 82.0 cm³/mol. The van der Waals surface area contributed by atoms with Crippen LogP contribution in [0.2, 0.25) is 0 Å². The van der Waals surface area contributed by atoms with Crippen LogP contribution >= 0.6 is 0 Å². The molecule has 0 aliphatic carbocycles. The highest BCUT2D eigenvalue weighted by atomic mass is 16.5. The van der Waals surface area contributed by atoms with E-state index >= 15 is 0 Å². The van der Waals surface area contributed by atoms with Gasteiger partial charge in [-0.3, -0.25) is 0 Å². The molecule has 1 aromatic heterocycles. The largest absolute Gasteiger partial charge is 0.361 e. The fourth-order valence-corrected chi connectivity index (χ4v) is 2.74. The first-order valence-corrected chi connectivity index (χ1v) is 8.11. The van der Waals surface area contributed by atoms with Gasteiger partial charge in [-0.2, -0.15) is 0 Å². The van der Waals surface area contributed by atoms with Crippen LogP contribution in [0, 0.1) is 5.92 Å². The van der Waals surface area contributed by atoms with Crippen molar-refractivity contribution in [1.82, 2.24) is 15.4 Å². The third kappa shape index (κ3) is 4.22. The zero-order valence-corrected chi connectivity index (χ0v) is 13.4. The van der Waals surface area contributed by atoms with Crippen LogP contribution in [-0.2, 0) is 6.42 Å². The number of nitrogens with zero attached hydrogens (tertiary/aromatic N) is 2. The molecule has 1 aliphatic heterocycles. The second-order valence-electron chi connectivity index (χ2n) is 6.23. The molecule has 5 nitrogen and oxygen atoms in total. The molecular weight excluding hydrogens is 266 g/mol. The minimum Gasteiger partial charge on any atom is -0.361 e. The Balaban J connectivity index is 1.93. The van der Waals surface area contributed by atoms with E-state index in [2.05, 4.69) is 31.2 Å². The second-order valence-corrected chi connectivity index (χ2v) is 6.23. The Bertz CT molecular complexity index is 456. The molecule has 0 bridgehead atoms. The highest BCUT2D eigenvalue weighted by molar-refractivity contribution is 5.75. The summed E-state index contributed by atoms with van der Waals surface area (Å²) in [5.41, 5.74) is 0.898. The van der Waals surface area contributed by atoms with Crippen molar-refractivity contribution < 1.29 is 9.32 Å².